The Kier molecular flexibility index (Phi) is 3.42. The van der Waals surface area contributed by atoms with Crippen molar-refractivity contribution in [3.8, 4) is 0 Å². The smallest absolute Gasteiger partial charge is 0.325 e. The molecule has 2 saturated carbocycles. The number of amides is 4. The Hall–Kier alpha value is -1.59. The van der Waals surface area contributed by atoms with Crippen LogP contribution in [0.2, 0.25) is 0 Å². The largest absolute Gasteiger partial charge is 0.352 e. The van der Waals surface area contributed by atoms with Crippen LogP contribution in [0.3, 0.4) is 0 Å². The van der Waals surface area contributed by atoms with Crippen LogP contribution in [0.5, 0.6) is 0 Å². The molecule has 6 heteroatoms. The summed E-state index contributed by atoms with van der Waals surface area (Å²) in [4.78, 5) is 38.0. The summed E-state index contributed by atoms with van der Waals surface area (Å²) in [6.45, 7) is 3.87. The predicted molar refractivity (Wildman–Crippen MR) is 76.3 cm³/mol. The minimum atomic E-state index is -0.810. The van der Waals surface area contributed by atoms with Gasteiger partial charge in [-0.15, -0.1) is 0 Å². The molecule has 0 aromatic rings. The van der Waals surface area contributed by atoms with Gasteiger partial charge in [-0.3, -0.25) is 14.5 Å². The highest BCUT2D eigenvalue weighted by Gasteiger charge is 2.58. The van der Waals surface area contributed by atoms with Crippen LogP contribution in [0.25, 0.3) is 0 Å². The number of hydrogen-bond donors (Lipinski definition) is 2. The minimum Gasteiger partial charge on any atom is -0.352 e. The van der Waals surface area contributed by atoms with E-state index < -0.39 is 11.6 Å². The van der Waals surface area contributed by atoms with Crippen molar-refractivity contribution in [3.63, 3.8) is 0 Å². The third-order valence-corrected chi connectivity index (χ3v) is 5.23. The maximum Gasteiger partial charge on any atom is 0.325 e. The first kappa shape index (κ1) is 14.4. The minimum absolute atomic E-state index is 0.106. The van der Waals surface area contributed by atoms with E-state index in [9.17, 15) is 14.4 Å². The molecule has 3 fully saturated rings. The summed E-state index contributed by atoms with van der Waals surface area (Å²) < 4.78 is 0. The monoisotopic (exact) mass is 293 g/mol. The zero-order valence-electron chi connectivity index (χ0n) is 12.6. The van der Waals surface area contributed by atoms with Gasteiger partial charge in [0, 0.05) is 6.04 Å². The second kappa shape index (κ2) is 5.00. The van der Waals surface area contributed by atoms with Crippen LogP contribution in [0.4, 0.5) is 4.79 Å². The van der Waals surface area contributed by atoms with E-state index in [2.05, 4.69) is 10.6 Å². The van der Waals surface area contributed by atoms with Crippen LogP contribution < -0.4 is 10.6 Å². The quantitative estimate of drug-likeness (QED) is 0.762. The van der Waals surface area contributed by atoms with E-state index >= 15 is 0 Å². The van der Waals surface area contributed by atoms with E-state index in [0.717, 1.165) is 37.0 Å². The van der Waals surface area contributed by atoms with Gasteiger partial charge in [0.2, 0.25) is 5.91 Å². The number of nitrogens with zero attached hydrogens (tertiary/aromatic N) is 1. The Morgan fingerprint density at radius 3 is 2.43 bits per heavy atom. The van der Waals surface area contributed by atoms with Crippen molar-refractivity contribution in [3.05, 3.63) is 0 Å². The highest BCUT2D eigenvalue weighted by Crippen LogP contribution is 2.42. The molecular formula is C15H23N3O3. The van der Waals surface area contributed by atoms with Crippen molar-refractivity contribution >= 4 is 17.8 Å². The van der Waals surface area contributed by atoms with Crippen LogP contribution in [0.1, 0.15) is 46.0 Å². The lowest BCUT2D eigenvalue weighted by Crippen LogP contribution is -2.59. The molecule has 3 aliphatic rings. The number of hydrogen-bond acceptors (Lipinski definition) is 3. The number of carbonyl (C=O) groups is 3. The Labute approximate surface area is 124 Å². The number of nitrogens with one attached hydrogen (secondary N) is 2. The average molecular weight is 293 g/mol. The zero-order chi connectivity index (χ0) is 15.2. The van der Waals surface area contributed by atoms with E-state index in [4.69, 9.17) is 0 Å². The summed E-state index contributed by atoms with van der Waals surface area (Å²) in [5.41, 5.74) is -0.810. The Morgan fingerprint density at radius 2 is 1.86 bits per heavy atom. The van der Waals surface area contributed by atoms with Crippen LogP contribution in [-0.2, 0) is 9.59 Å². The van der Waals surface area contributed by atoms with Gasteiger partial charge in [-0.05, 0) is 37.5 Å². The fraction of sp³-hybridized carbons (Fsp3) is 0.800. The number of urea groups is 1. The van der Waals surface area contributed by atoms with Crippen LogP contribution in [0.15, 0.2) is 0 Å². The predicted octanol–water partition coefficient (Wildman–Crippen LogP) is 1.01. The summed E-state index contributed by atoms with van der Waals surface area (Å²) in [7, 11) is 0. The molecule has 1 spiro atoms. The normalized spacial score (nSPS) is 36.0. The van der Waals surface area contributed by atoms with Crippen molar-refractivity contribution in [2.75, 3.05) is 6.54 Å². The van der Waals surface area contributed by atoms with Gasteiger partial charge in [-0.25, -0.2) is 4.79 Å². The fourth-order valence-corrected chi connectivity index (χ4v) is 3.74. The molecular weight excluding hydrogens is 270 g/mol. The number of imide groups is 1. The molecule has 2 N–H and O–H groups in total. The Bertz CT molecular complexity index is 477. The lowest BCUT2D eigenvalue weighted by molar-refractivity contribution is -0.139. The molecule has 1 heterocycles. The third-order valence-electron chi connectivity index (χ3n) is 5.23. The van der Waals surface area contributed by atoms with E-state index in [1.54, 1.807) is 0 Å². The van der Waals surface area contributed by atoms with E-state index in [-0.39, 0.29) is 36.2 Å². The molecule has 2 atom stereocenters. The summed E-state index contributed by atoms with van der Waals surface area (Å²) in [6.07, 6.45) is 4.92. The lowest BCUT2D eigenvalue weighted by atomic mass is 9.67. The summed E-state index contributed by atoms with van der Waals surface area (Å²) in [6, 6.07) is -0.189. The summed E-state index contributed by atoms with van der Waals surface area (Å²) >= 11 is 0. The van der Waals surface area contributed by atoms with Crippen molar-refractivity contribution < 1.29 is 14.4 Å². The lowest BCUT2D eigenvalue weighted by Gasteiger charge is -2.42. The van der Waals surface area contributed by atoms with Gasteiger partial charge in [0.25, 0.3) is 5.91 Å². The van der Waals surface area contributed by atoms with Gasteiger partial charge in [-0.1, -0.05) is 20.3 Å². The summed E-state index contributed by atoms with van der Waals surface area (Å²) in [5.74, 6) is -0.254. The zero-order valence-corrected chi connectivity index (χ0v) is 12.6. The number of carbonyl (C=O) groups excluding carboxylic acids is 3. The molecule has 2 aliphatic carbocycles. The SMILES string of the molecule is CC1CCCC(C)C12NC(=O)N(CC(=O)NC1CC1)C2=O. The maximum absolute atomic E-state index is 12.8. The van der Waals surface area contributed by atoms with Gasteiger partial charge in [0.1, 0.15) is 12.1 Å². The maximum atomic E-state index is 12.8. The topological polar surface area (TPSA) is 78.5 Å². The standard InChI is InChI=1S/C15H23N3O3/c1-9-4-3-5-10(2)15(9)13(20)18(14(21)17-15)8-12(19)16-11-6-7-11/h9-11H,3-8H2,1-2H3,(H,16,19)(H,17,21). The molecule has 0 bridgehead atoms. The highest BCUT2D eigenvalue weighted by atomic mass is 16.2. The molecule has 1 aliphatic heterocycles. The molecule has 21 heavy (non-hydrogen) atoms. The fourth-order valence-electron chi connectivity index (χ4n) is 3.74. The van der Waals surface area contributed by atoms with E-state index in [0.29, 0.717) is 0 Å². The van der Waals surface area contributed by atoms with Gasteiger partial charge < -0.3 is 10.6 Å². The van der Waals surface area contributed by atoms with Crippen molar-refractivity contribution in [1.82, 2.24) is 15.5 Å². The molecule has 2 unspecified atom stereocenters. The first-order valence-electron chi connectivity index (χ1n) is 7.88. The Morgan fingerprint density at radius 1 is 1.24 bits per heavy atom. The first-order valence-corrected chi connectivity index (χ1v) is 7.88. The van der Waals surface area contributed by atoms with Crippen LogP contribution >= 0.6 is 0 Å². The molecule has 6 nitrogen and oxygen atoms in total. The van der Waals surface area contributed by atoms with E-state index in [1.165, 1.54) is 0 Å². The third kappa shape index (κ3) is 2.30. The number of rotatable bonds is 3. The van der Waals surface area contributed by atoms with Gasteiger partial charge in [-0.2, -0.15) is 0 Å². The van der Waals surface area contributed by atoms with E-state index in [1.807, 2.05) is 13.8 Å². The molecule has 4 amide bonds. The van der Waals surface area contributed by atoms with Crippen molar-refractivity contribution in [2.24, 2.45) is 11.8 Å². The van der Waals surface area contributed by atoms with Crippen LogP contribution in [-0.4, -0.2) is 40.9 Å². The second-order valence-electron chi connectivity index (χ2n) is 6.77. The van der Waals surface area contributed by atoms with Gasteiger partial charge in [0.15, 0.2) is 0 Å². The van der Waals surface area contributed by atoms with Crippen LogP contribution in [0, 0.1) is 11.8 Å². The highest BCUT2D eigenvalue weighted by molar-refractivity contribution is 6.09. The molecule has 0 aromatic carbocycles. The molecule has 0 radical (unpaired) electrons. The molecule has 116 valence electrons. The molecule has 0 aromatic heterocycles. The van der Waals surface area contributed by atoms with Gasteiger partial charge >= 0.3 is 6.03 Å². The first-order chi connectivity index (χ1) is 9.95. The average Bonchev–Trinajstić information content (AvgIpc) is 3.19. The van der Waals surface area contributed by atoms with Crippen molar-refractivity contribution in [2.45, 2.75) is 57.5 Å². The van der Waals surface area contributed by atoms with Gasteiger partial charge in [0.05, 0.1) is 0 Å². The molecule has 1 saturated heterocycles. The van der Waals surface area contributed by atoms with Crippen molar-refractivity contribution in [1.29, 1.82) is 0 Å². The second-order valence-corrected chi connectivity index (χ2v) is 6.77. The summed E-state index contributed by atoms with van der Waals surface area (Å²) in [5, 5.41) is 5.72. The molecule has 3 rings (SSSR count). The Balaban J connectivity index is 1.75.